The molecule has 0 spiro atoms. The lowest BCUT2D eigenvalue weighted by molar-refractivity contribution is 0.0696. The summed E-state index contributed by atoms with van der Waals surface area (Å²) < 4.78 is 0. The lowest BCUT2D eigenvalue weighted by Gasteiger charge is -2.05. The van der Waals surface area contributed by atoms with Crippen LogP contribution >= 0.6 is 0 Å². The molecule has 2 rings (SSSR count). The van der Waals surface area contributed by atoms with Gasteiger partial charge in [0.1, 0.15) is 0 Å². The van der Waals surface area contributed by atoms with E-state index in [-0.39, 0.29) is 18.0 Å². The molecule has 2 N–H and O–H groups in total. The molecule has 0 saturated heterocycles. The van der Waals surface area contributed by atoms with Crippen molar-refractivity contribution < 1.29 is 14.7 Å². The first-order chi connectivity index (χ1) is 9.16. The Morgan fingerprint density at radius 2 is 2.05 bits per heavy atom. The third kappa shape index (κ3) is 3.35. The van der Waals surface area contributed by atoms with Crippen LogP contribution in [-0.2, 0) is 6.54 Å². The van der Waals surface area contributed by atoms with Crippen LogP contribution in [-0.4, -0.2) is 27.0 Å². The normalized spacial score (nSPS) is 9.89. The number of aromatic nitrogens is 2. The fourth-order valence-corrected chi connectivity index (χ4v) is 1.48. The van der Waals surface area contributed by atoms with Gasteiger partial charge < -0.3 is 10.4 Å². The average Bonchev–Trinajstić information content (AvgIpc) is 2.46. The molecule has 6 heteroatoms. The van der Waals surface area contributed by atoms with Gasteiger partial charge in [-0.2, -0.15) is 0 Å². The highest BCUT2D eigenvalue weighted by Crippen LogP contribution is 2.02. The SMILES string of the molecule is O=C(O)c1ccnc(CNC(=O)c2cccnc2)c1. The lowest BCUT2D eigenvalue weighted by Crippen LogP contribution is -2.23. The Morgan fingerprint density at radius 1 is 1.21 bits per heavy atom. The molecule has 0 saturated carbocycles. The van der Waals surface area contributed by atoms with Gasteiger partial charge in [0.2, 0.25) is 0 Å². The fourth-order valence-electron chi connectivity index (χ4n) is 1.48. The zero-order valence-electron chi connectivity index (χ0n) is 9.91. The van der Waals surface area contributed by atoms with E-state index >= 15 is 0 Å². The summed E-state index contributed by atoms with van der Waals surface area (Å²) in [5.41, 5.74) is 1.06. The number of amides is 1. The predicted octanol–water partition coefficient (Wildman–Crippen LogP) is 1.10. The van der Waals surface area contributed by atoms with E-state index in [4.69, 9.17) is 5.11 Å². The molecule has 2 aromatic heterocycles. The third-order valence-corrected chi connectivity index (χ3v) is 2.42. The van der Waals surface area contributed by atoms with Gasteiger partial charge in [-0.25, -0.2) is 4.79 Å². The summed E-state index contributed by atoms with van der Waals surface area (Å²) in [7, 11) is 0. The number of rotatable bonds is 4. The molecule has 96 valence electrons. The van der Waals surface area contributed by atoms with Crippen molar-refractivity contribution >= 4 is 11.9 Å². The molecular formula is C13H11N3O3. The van der Waals surface area contributed by atoms with Crippen LogP contribution in [0.1, 0.15) is 26.4 Å². The van der Waals surface area contributed by atoms with Gasteiger partial charge in [0.25, 0.3) is 5.91 Å². The molecule has 0 aliphatic heterocycles. The number of carbonyl (C=O) groups is 2. The van der Waals surface area contributed by atoms with E-state index in [2.05, 4.69) is 15.3 Å². The Balaban J connectivity index is 2.01. The van der Waals surface area contributed by atoms with Gasteiger partial charge in [-0.05, 0) is 24.3 Å². The van der Waals surface area contributed by atoms with Crippen LogP contribution in [0.4, 0.5) is 0 Å². The number of hydrogen-bond donors (Lipinski definition) is 2. The molecule has 0 atom stereocenters. The van der Waals surface area contributed by atoms with Crippen molar-refractivity contribution in [1.82, 2.24) is 15.3 Å². The zero-order valence-corrected chi connectivity index (χ0v) is 9.91. The number of hydrogen-bond acceptors (Lipinski definition) is 4. The highest BCUT2D eigenvalue weighted by molar-refractivity contribution is 5.93. The molecule has 0 aromatic carbocycles. The molecule has 0 bridgehead atoms. The molecule has 0 aliphatic carbocycles. The second-order valence-corrected chi connectivity index (χ2v) is 3.77. The Bertz CT molecular complexity index is 599. The summed E-state index contributed by atoms with van der Waals surface area (Å²) in [5, 5.41) is 11.5. The maximum absolute atomic E-state index is 11.7. The molecule has 0 fully saturated rings. The van der Waals surface area contributed by atoms with Crippen molar-refractivity contribution in [3.8, 4) is 0 Å². The van der Waals surface area contributed by atoms with Crippen LogP contribution in [0.2, 0.25) is 0 Å². The molecule has 2 aromatic rings. The van der Waals surface area contributed by atoms with E-state index in [1.54, 1.807) is 18.3 Å². The smallest absolute Gasteiger partial charge is 0.335 e. The maximum atomic E-state index is 11.7. The molecular weight excluding hydrogens is 246 g/mol. The second kappa shape index (κ2) is 5.72. The summed E-state index contributed by atoms with van der Waals surface area (Å²) in [4.78, 5) is 30.4. The van der Waals surface area contributed by atoms with Gasteiger partial charge in [-0.1, -0.05) is 0 Å². The molecule has 1 amide bonds. The standard InChI is InChI=1S/C13H11N3O3/c17-12(10-2-1-4-14-7-10)16-8-11-6-9(13(18)19)3-5-15-11/h1-7H,8H2,(H,16,17)(H,18,19). The number of nitrogens with zero attached hydrogens (tertiary/aromatic N) is 2. The van der Waals surface area contributed by atoms with Crippen molar-refractivity contribution in [2.24, 2.45) is 0 Å². The van der Waals surface area contributed by atoms with Crippen molar-refractivity contribution in [3.63, 3.8) is 0 Å². The monoisotopic (exact) mass is 257 g/mol. The molecule has 6 nitrogen and oxygen atoms in total. The highest BCUT2D eigenvalue weighted by Gasteiger charge is 2.07. The number of pyridine rings is 2. The molecule has 0 aliphatic rings. The van der Waals surface area contributed by atoms with Crippen LogP contribution in [0, 0.1) is 0 Å². The molecule has 0 unspecified atom stereocenters. The third-order valence-electron chi connectivity index (χ3n) is 2.42. The summed E-state index contributed by atoms with van der Waals surface area (Å²) in [6.45, 7) is 0.162. The fraction of sp³-hybridized carbons (Fsp3) is 0.0769. The number of carboxylic acid groups (broad SMARTS) is 1. The number of aromatic carboxylic acids is 1. The van der Waals surface area contributed by atoms with Crippen molar-refractivity contribution in [3.05, 3.63) is 59.7 Å². The van der Waals surface area contributed by atoms with Crippen LogP contribution in [0.3, 0.4) is 0 Å². The zero-order chi connectivity index (χ0) is 13.7. The predicted molar refractivity (Wildman–Crippen MR) is 66.6 cm³/mol. The number of nitrogens with one attached hydrogen (secondary N) is 1. The topological polar surface area (TPSA) is 92.2 Å². The Hall–Kier alpha value is -2.76. The summed E-state index contributed by atoms with van der Waals surface area (Å²) >= 11 is 0. The van der Waals surface area contributed by atoms with E-state index in [0.717, 1.165) is 0 Å². The average molecular weight is 257 g/mol. The lowest BCUT2D eigenvalue weighted by atomic mass is 10.2. The maximum Gasteiger partial charge on any atom is 0.335 e. The Labute approximate surface area is 109 Å². The number of carbonyl (C=O) groups excluding carboxylic acids is 1. The minimum absolute atomic E-state index is 0.139. The van der Waals surface area contributed by atoms with Crippen molar-refractivity contribution in [1.29, 1.82) is 0 Å². The molecule has 0 radical (unpaired) electrons. The van der Waals surface area contributed by atoms with Crippen molar-refractivity contribution in [2.75, 3.05) is 0 Å². The quantitative estimate of drug-likeness (QED) is 0.855. The highest BCUT2D eigenvalue weighted by atomic mass is 16.4. The minimum Gasteiger partial charge on any atom is -0.478 e. The summed E-state index contributed by atoms with van der Waals surface area (Å²) in [6, 6.07) is 6.13. The van der Waals surface area contributed by atoms with E-state index in [9.17, 15) is 9.59 Å². The Kier molecular flexibility index (Phi) is 3.82. The van der Waals surface area contributed by atoms with Gasteiger partial charge in [-0.3, -0.25) is 14.8 Å². The van der Waals surface area contributed by atoms with E-state index in [1.165, 1.54) is 24.5 Å². The first kappa shape index (κ1) is 12.7. The second-order valence-electron chi connectivity index (χ2n) is 3.77. The van der Waals surface area contributed by atoms with Gasteiger partial charge in [-0.15, -0.1) is 0 Å². The Morgan fingerprint density at radius 3 is 2.74 bits per heavy atom. The van der Waals surface area contributed by atoms with Gasteiger partial charge in [0.05, 0.1) is 23.4 Å². The molecule has 2 heterocycles. The van der Waals surface area contributed by atoms with Crippen LogP contribution in [0.15, 0.2) is 42.9 Å². The first-order valence-corrected chi connectivity index (χ1v) is 5.53. The largest absolute Gasteiger partial charge is 0.478 e. The van der Waals surface area contributed by atoms with Crippen molar-refractivity contribution in [2.45, 2.75) is 6.54 Å². The van der Waals surface area contributed by atoms with E-state index in [1.807, 2.05) is 0 Å². The minimum atomic E-state index is -1.03. The van der Waals surface area contributed by atoms with Crippen LogP contribution in [0.25, 0.3) is 0 Å². The summed E-state index contributed by atoms with van der Waals surface area (Å²) in [6.07, 6.45) is 4.43. The number of carboxylic acids is 1. The first-order valence-electron chi connectivity index (χ1n) is 5.53. The van der Waals surface area contributed by atoms with Gasteiger partial charge in [0, 0.05) is 18.6 Å². The van der Waals surface area contributed by atoms with Crippen LogP contribution in [0.5, 0.6) is 0 Å². The van der Waals surface area contributed by atoms with Gasteiger partial charge in [0.15, 0.2) is 0 Å². The van der Waals surface area contributed by atoms with E-state index < -0.39 is 5.97 Å². The summed E-state index contributed by atoms with van der Waals surface area (Å²) in [5.74, 6) is -1.31. The van der Waals surface area contributed by atoms with E-state index in [0.29, 0.717) is 11.3 Å². The van der Waals surface area contributed by atoms with Gasteiger partial charge >= 0.3 is 5.97 Å². The molecule has 19 heavy (non-hydrogen) atoms. The van der Waals surface area contributed by atoms with Crippen LogP contribution < -0.4 is 5.32 Å².